The molecule has 0 spiro atoms. The maximum absolute atomic E-state index is 12.1. The Labute approximate surface area is 148 Å². The summed E-state index contributed by atoms with van der Waals surface area (Å²) in [6.45, 7) is 4.40. The number of hydrogen-bond donors (Lipinski definition) is 2. The molecule has 1 fully saturated rings. The van der Waals surface area contributed by atoms with Crippen LogP contribution >= 0.6 is 0 Å². The molecule has 0 bridgehead atoms. The molecule has 1 aliphatic heterocycles. The van der Waals surface area contributed by atoms with E-state index in [0.717, 1.165) is 30.2 Å². The predicted octanol–water partition coefficient (Wildman–Crippen LogP) is 2.76. The molecule has 0 aromatic carbocycles. The summed E-state index contributed by atoms with van der Waals surface area (Å²) >= 11 is 0. The van der Waals surface area contributed by atoms with Crippen molar-refractivity contribution in [1.82, 2.24) is 15.3 Å². The van der Waals surface area contributed by atoms with Crippen LogP contribution in [0.5, 0.6) is 0 Å². The minimum Gasteiger partial charge on any atom is -0.357 e. The van der Waals surface area contributed by atoms with E-state index in [1.165, 1.54) is 19.3 Å². The van der Waals surface area contributed by atoms with Crippen molar-refractivity contribution in [2.24, 2.45) is 0 Å². The summed E-state index contributed by atoms with van der Waals surface area (Å²) in [5.74, 6) is 0.913. The number of carbonyl (C=O) groups is 1. The summed E-state index contributed by atoms with van der Waals surface area (Å²) in [7, 11) is 0. The summed E-state index contributed by atoms with van der Waals surface area (Å²) in [6, 6.07) is 7.88. The largest absolute Gasteiger partial charge is 0.357 e. The van der Waals surface area contributed by atoms with Crippen molar-refractivity contribution in [2.75, 3.05) is 29.9 Å². The Kier molecular flexibility index (Phi) is 5.95. The third-order valence-corrected chi connectivity index (χ3v) is 4.49. The first kappa shape index (κ1) is 17.4. The van der Waals surface area contributed by atoms with Gasteiger partial charge in [0.1, 0.15) is 5.82 Å². The molecule has 3 heterocycles. The maximum atomic E-state index is 12.1. The van der Waals surface area contributed by atoms with Crippen molar-refractivity contribution in [3.05, 3.63) is 48.4 Å². The lowest BCUT2D eigenvalue weighted by atomic mass is 10.1. The zero-order valence-electron chi connectivity index (χ0n) is 14.6. The van der Waals surface area contributed by atoms with Crippen LogP contribution in [0.3, 0.4) is 0 Å². The molecule has 2 aromatic heterocycles. The summed E-state index contributed by atoms with van der Waals surface area (Å²) in [5, 5.41) is 6.10. The first-order valence-electron chi connectivity index (χ1n) is 8.86. The molecule has 1 atom stereocenters. The lowest BCUT2D eigenvalue weighted by Gasteiger charge is -2.27. The Morgan fingerprint density at radius 2 is 1.92 bits per heavy atom. The standard InChI is InChI=1S/C19H25N5O/c1-15(16-7-9-20-10-8-16)21-14-19(25)23-17-5-6-18(22-13-17)24-11-3-2-4-12-24/h5-10,13,15,21H,2-4,11-12,14H2,1H3,(H,23,25)/t15-/m1/s1. The van der Waals surface area contributed by atoms with Crippen LogP contribution in [0.25, 0.3) is 0 Å². The minimum atomic E-state index is -0.0755. The number of aromatic nitrogens is 2. The Hall–Kier alpha value is -2.47. The van der Waals surface area contributed by atoms with Crippen LogP contribution < -0.4 is 15.5 Å². The molecule has 1 amide bonds. The van der Waals surface area contributed by atoms with Gasteiger partial charge < -0.3 is 15.5 Å². The zero-order chi connectivity index (χ0) is 17.5. The molecule has 132 valence electrons. The lowest BCUT2D eigenvalue weighted by molar-refractivity contribution is -0.115. The summed E-state index contributed by atoms with van der Waals surface area (Å²) in [4.78, 5) is 22.9. The van der Waals surface area contributed by atoms with E-state index in [2.05, 4.69) is 25.5 Å². The molecule has 25 heavy (non-hydrogen) atoms. The van der Waals surface area contributed by atoms with Gasteiger partial charge in [0.15, 0.2) is 0 Å². The molecule has 1 aliphatic rings. The topological polar surface area (TPSA) is 70.2 Å². The first-order chi connectivity index (χ1) is 12.2. The highest BCUT2D eigenvalue weighted by atomic mass is 16.1. The van der Waals surface area contributed by atoms with E-state index >= 15 is 0 Å². The number of rotatable bonds is 6. The Balaban J connectivity index is 1.47. The second-order valence-electron chi connectivity index (χ2n) is 6.38. The van der Waals surface area contributed by atoms with Gasteiger partial charge in [-0.05, 0) is 56.0 Å². The predicted molar refractivity (Wildman–Crippen MR) is 99.6 cm³/mol. The molecule has 6 nitrogen and oxygen atoms in total. The van der Waals surface area contributed by atoms with Gasteiger partial charge in [0.2, 0.25) is 5.91 Å². The summed E-state index contributed by atoms with van der Waals surface area (Å²) in [6.07, 6.45) is 8.99. The van der Waals surface area contributed by atoms with E-state index in [9.17, 15) is 4.79 Å². The van der Waals surface area contributed by atoms with Crippen molar-refractivity contribution < 1.29 is 4.79 Å². The second-order valence-corrected chi connectivity index (χ2v) is 6.38. The molecule has 0 unspecified atom stereocenters. The molecular weight excluding hydrogens is 314 g/mol. The molecule has 2 aromatic rings. The monoisotopic (exact) mass is 339 g/mol. The molecule has 0 saturated carbocycles. The van der Waals surface area contributed by atoms with E-state index in [1.54, 1.807) is 18.6 Å². The first-order valence-corrected chi connectivity index (χ1v) is 8.86. The number of pyridine rings is 2. The highest BCUT2D eigenvalue weighted by molar-refractivity contribution is 5.92. The Bertz CT molecular complexity index is 668. The number of nitrogens with zero attached hydrogens (tertiary/aromatic N) is 3. The van der Waals surface area contributed by atoms with E-state index in [0.29, 0.717) is 0 Å². The third kappa shape index (κ3) is 5.00. The Morgan fingerprint density at radius 1 is 1.16 bits per heavy atom. The van der Waals surface area contributed by atoms with Gasteiger partial charge in [-0.1, -0.05) is 0 Å². The van der Waals surface area contributed by atoms with Crippen molar-refractivity contribution >= 4 is 17.4 Å². The average molecular weight is 339 g/mol. The van der Waals surface area contributed by atoms with Crippen LogP contribution in [0.4, 0.5) is 11.5 Å². The van der Waals surface area contributed by atoms with E-state index in [-0.39, 0.29) is 18.5 Å². The van der Waals surface area contributed by atoms with Crippen LogP contribution in [-0.4, -0.2) is 35.5 Å². The van der Waals surface area contributed by atoms with E-state index in [1.807, 2.05) is 31.2 Å². The van der Waals surface area contributed by atoms with Gasteiger partial charge in [0.25, 0.3) is 0 Å². The number of piperidine rings is 1. The number of nitrogens with one attached hydrogen (secondary N) is 2. The second kappa shape index (κ2) is 8.58. The van der Waals surface area contributed by atoms with Gasteiger partial charge in [-0.2, -0.15) is 0 Å². The highest BCUT2D eigenvalue weighted by Crippen LogP contribution is 2.19. The molecule has 1 saturated heterocycles. The molecule has 0 radical (unpaired) electrons. The van der Waals surface area contributed by atoms with Crippen LogP contribution in [0.2, 0.25) is 0 Å². The van der Waals surface area contributed by atoms with Crippen molar-refractivity contribution in [3.63, 3.8) is 0 Å². The number of amides is 1. The van der Waals surface area contributed by atoms with Crippen LogP contribution in [-0.2, 0) is 4.79 Å². The summed E-state index contributed by atoms with van der Waals surface area (Å²) in [5.41, 5.74) is 1.83. The highest BCUT2D eigenvalue weighted by Gasteiger charge is 2.12. The summed E-state index contributed by atoms with van der Waals surface area (Å²) < 4.78 is 0. The quantitative estimate of drug-likeness (QED) is 0.847. The lowest BCUT2D eigenvalue weighted by Crippen LogP contribution is -2.31. The van der Waals surface area contributed by atoms with Gasteiger partial charge >= 0.3 is 0 Å². The number of hydrogen-bond acceptors (Lipinski definition) is 5. The Morgan fingerprint density at radius 3 is 2.60 bits per heavy atom. The van der Waals surface area contributed by atoms with Crippen LogP contribution in [0.1, 0.15) is 37.8 Å². The normalized spacial score (nSPS) is 15.6. The fraction of sp³-hybridized carbons (Fsp3) is 0.421. The van der Waals surface area contributed by atoms with Crippen LogP contribution in [0.15, 0.2) is 42.9 Å². The third-order valence-electron chi connectivity index (χ3n) is 4.49. The van der Waals surface area contributed by atoms with Gasteiger partial charge in [0.05, 0.1) is 18.4 Å². The number of carbonyl (C=O) groups excluding carboxylic acids is 1. The molecule has 0 aliphatic carbocycles. The molecule has 3 rings (SSSR count). The van der Waals surface area contributed by atoms with Crippen molar-refractivity contribution in [1.29, 1.82) is 0 Å². The zero-order valence-corrected chi connectivity index (χ0v) is 14.6. The van der Waals surface area contributed by atoms with E-state index in [4.69, 9.17) is 0 Å². The fourth-order valence-electron chi connectivity index (χ4n) is 2.99. The molecule has 2 N–H and O–H groups in total. The van der Waals surface area contributed by atoms with Crippen molar-refractivity contribution in [3.8, 4) is 0 Å². The van der Waals surface area contributed by atoms with Crippen LogP contribution in [0, 0.1) is 0 Å². The molecule has 6 heteroatoms. The van der Waals surface area contributed by atoms with Gasteiger partial charge in [-0.15, -0.1) is 0 Å². The molecular formula is C19H25N5O. The smallest absolute Gasteiger partial charge is 0.238 e. The van der Waals surface area contributed by atoms with Crippen molar-refractivity contribution in [2.45, 2.75) is 32.2 Å². The minimum absolute atomic E-state index is 0.0755. The number of anilines is 2. The van der Waals surface area contributed by atoms with E-state index < -0.39 is 0 Å². The SMILES string of the molecule is C[C@@H](NCC(=O)Nc1ccc(N2CCCCC2)nc1)c1ccncc1. The van der Waals surface area contributed by atoms with Gasteiger partial charge in [-0.3, -0.25) is 9.78 Å². The van der Waals surface area contributed by atoms with Gasteiger partial charge in [0, 0.05) is 31.5 Å². The average Bonchev–Trinajstić information content (AvgIpc) is 2.68. The fourth-order valence-corrected chi connectivity index (χ4v) is 2.99. The maximum Gasteiger partial charge on any atom is 0.238 e. The van der Waals surface area contributed by atoms with Gasteiger partial charge in [-0.25, -0.2) is 4.98 Å².